The van der Waals surface area contributed by atoms with Crippen LogP contribution >= 0.6 is 0 Å². The predicted molar refractivity (Wildman–Crippen MR) is 188 cm³/mol. The minimum Gasteiger partial charge on any atom is -0.508 e. The van der Waals surface area contributed by atoms with E-state index >= 15 is 0 Å². The van der Waals surface area contributed by atoms with Crippen LogP contribution in [0.25, 0.3) is 0 Å². The Morgan fingerprint density at radius 1 is 0.500 bits per heavy atom. The number of hydrogen-bond acceptors (Lipinski definition) is 9. The van der Waals surface area contributed by atoms with Crippen molar-refractivity contribution in [2.75, 3.05) is 48.3 Å². The third kappa shape index (κ3) is 22.3. The Hall–Kier alpha value is -3.18. The lowest BCUT2D eigenvalue weighted by Gasteiger charge is -2.12. The maximum absolute atomic E-state index is 9.54. The van der Waals surface area contributed by atoms with Gasteiger partial charge in [-0.15, -0.1) is 0 Å². The molecule has 5 N–H and O–H groups in total. The van der Waals surface area contributed by atoms with Gasteiger partial charge in [-0.3, -0.25) is 0 Å². The molecule has 9 heteroatoms. The number of rotatable bonds is 13. The molecule has 0 radical (unpaired) electrons. The summed E-state index contributed by atoms with van der Waals surface area (Å²) in [6, 6.07) is 22.1. The van der Waals surface area contributed by atoms with Gasteiger partial charge in [0, 0.05) is 33.5 Å². The van der Waals surface area contributed by atoms with Crippen LogP contribution in [0.1, 0.15) is 58.2 Å². The highest BCUT2D eigenvalue weighted by atomic mass is 16.5. The van der Waals surface area contributed by atoms with E-state index in [1.54, 1.807) is 39.5 Å². The Balaban J connectivity index is -0.000000556. The van der Waals surface area contributed by atoms with E-state index in [4.69, 9.17) is 24.1 Å². The Morgan fingerprint density at radius 2 is 0.826 bits per heavy atom. The summed E-state index contributed by atoms with van der Waals surface area (Å²) in [4.78, 5) is 0. The van der Waals surface area contributed by atoms with Crippen LogP contribution in [0.3, 0.4) is 0 Å². The fourth-order valence-electron chi connectivity index (χ4n) is 3.76. The average Bonchev–Trinajstić information content (AvgIpc) is 3.10. The molecule has 0 aromatic heterocycles. The molecule has 3 unspecified atom stereocenters. The van der Waals surface area contributed by atoms with Crippen molar-refractivity contribution in [3.05, 3.63) is 89.5 Å². The Bertz CT molecular complexity index is 1060. The minimum atomic E-state index is -0.712. The molecule has 0 bridgehead atoms. The maximum Gasteiger partial charge on any atom is 0.122 e. The van der Waals surface area contributed by atoms with E-state index < -0.39 is 18.3 Å². The molecule has 0 heterocycles. The molecule has 0 spiro atoms. The van der Waals surface area contributed by atoms with Crippen molar-refractivity contribution >= 4 is 0 Å². The molecule has 0 saturated heterocycles. The lowest BCUT2D eigenvalue weighted by Crippen LogP contribution is -2.17. The first-order chi connectivity index (χ1) is 22.3. The summed E-state index contributed by atoms with van der Waals surface area (Å²) in [5, 5.41) is 46.2. The van der Waals surface area contributed by atoms with Crippen molar-refractivity contribution in [2.45, 2.75) is 79.1 Å². The van der Waals surface area contributed by atoms with Crippen LogP contribution in [0.2, 0.25) is 0 Å². The summed E-state index contributed by atoms with van der Waals surface area (Å²) in [6.45, 7) is 12.4. The summed E-state index contributed by atoms with van der Waals surface area (Å²) in [6.07, 6.45) is -0.357. The van der Waals surface area contributed by atoms with Gasteiger partial charge in [-0.2, -0.15) is 0 Å². The van der Waals surface area contributed by atoms with Gasteiger partial charge in [0.05, 0.1) is 52.4 Å². The molecule has 0 aliphatic heterocycles. The van der Waals surface area contributed by atoms with Crippen LogP contribution in [0.4, 0.5) is 0 Å². The van der Waals surface area contributed by atoms with Crippen LogP contribution in [0.5, 0.6) is 17.2 Å². The zero-order valence-corrected chi connectivity index (χ0v) is 29.8. The Kier molecular flexibility index (Phi) is 34.1. The van der Waals surface area contributed by atoms with Gasteiger partial charge in [0.15, 0.2) is 0 Å². The van der Waals surface area contributed by atoms with Crippen molar-refractivity contribution in [2.24, 2.45) is 0 Å². The van der Waals surface area contributed by atoms with E-state index in [-0.39, 0.29) is 19.0 Å². The molecule has 3 aromatic carbocycles. The minimum absolute atomic E-state index is 0.220. The molecule has 9 nitrogen and oxygen atoms in total. The largest absolute Gasteiger partial charge is 0.508 e. The number of hydrogen-bond donors (Lipinski definition) is 5. The number of para-hydroxylation sites is 3. The Morgan fingerprint density at radius 3 is 1.17 bits per heavy atom. The van der Waals surface area contributed by atoms with Crippen LogP contribution < -0.4 is 9.47 Å². The topological polar surface area (TPSA) is 138 Å². The third-order valence-electron chi connectivity index (χ3n) is 5.67. The third-order valence-corrected chi connectivity index (χ3v) is 5.67. The molecule has 264 valence electrons. The highest BCUT2D eigenvalue weighted by molar-refractivity contribution is 5.34. The van der Waals surface area contributed by atoms with Gasteiger partial charge in [0.25, 0.3) is 0 Å². The molecule has 0 aliphatic rings. The number of ether oxygens (including phenoxy) is 4. The molecule has 0 amide bonds. The van der Waals surface area contributed by atoms with Crippen molar-refractivity contribution in [3.8, 4) is 17.2 Å². The quantitative estimate of drug-likeness (QED) is 0.154. The summed E-state index contributed by atoms with van der Waals surface area (Å²) in [5.41, 5.74) is 2.65. The molecule has 3 rings (SSSR count). The SMILES string of the molecule is CC.CC.CC.COCC(O)Cc1ccccc1O.COCC(O)Cc1ccccc1OC.COc1ccccc1CC(O)CO. The molecule has 3 aromatic rings. The van der Waals surface area contributed by atoms with E-state index in [0.717, 1.165) is 28.2 Å². The number of aliphatic hydroxyl groups is 4. The second-order valence-corrected chi connectivity index (χ2v) is 8.92. The first kappa shape index (κ1) is 47.2. The summed E-state index contributed by atoms with van der Waals surface area (Å²) >= 11 is 0. The highest BCUT2D eigenvalue weighted by Gasteiger charge is 2.09. The van der Waals surface area contributed by atoms with Crippen LogP contribution in [0.15, 0.2) is 72.8 Å². The molecule has 0 fully saturated rings. The Labute approximate surface area is 278 Å². The van der Waals surface area contributed by atoms with E-state index in [1.807, 2.05) is 96.1 Å². The number of benzene rings is 3. The van der Waals surface area contributed by atoms with Crippen LogP contribution in [-0.4, -0.2) is 92.1 Å². The first-order valence-electron chi connectivity index (χ1n) is 15.9. The second kappa shape index (κ2) is 33.2. The van der Waals surface area contributed by atoms with Gasteiger partial charge in [-0.05, 0) is 34.9 Å². The smallest absolute Gasteiger partial charge is 0.122 e. The van der Waals surface area contributed by atoms with Gasteiger partial charge < -0.3 is 44.5 Å². The maximum atomic E-state index is 9.54. The highest BCUT2D eigenvalue weighted by Crippen LogP contribution is 2.20. The summed E-state index contributed by atoms with van der Waals surface area (Å²) in [7, 11) is 6.32. The normalized spacial score (nSPS) is 11.3. The lowest BCUT2D eigenvalue weighted by molar-refractivity contribution is 0.0646. The van der Waals surface area contributed by atoms with E-state index in [1.165, 1.54) is 7.11 Å². The first-order valence-corrected chi connectivity index (χ1v) is 15.9. The van der Waals surface area contributed by atoms with Crippen LogP contribution in [-0.2, 0) is 28.7 Å². The molecule has 0 saturated carbocycles. The molecular weight excluding hydrogens is 588 g/mol. The van der Waals surface area contributed by atoms with Crippen molar-refractivity contribution in [1.82, 2.24) is 0 Å². The molecule has 46 heavy (non-hydrogen) atoms. The number of methoxy groups -OCH3 is 4. The fourth-order valence-corrected chi connectivity index (χ4v) is 3.76. The fraction of sp³-hybridized carbons (Fsp3) is 0.514. The standard InChI is InChI=1S/C11H16O3.2C10H14O3.3C2H6/c1-13-8-10(12)7-9-5-3-4-6-11(9)14-2;1-13-7-9(11)6-8-4-2-3-5-10(8)12;1-13-10-5-3-2-4-8(10)6-9(12)7-11;3*1-2/h3-6,10,12H,7-8H2,1-2H3;2*2-5,9,11-12H,6-7H2,1H3;3*1-2H3. The summed E-state index contributed by atoms with van der Waals surface area (Å²) in [5.74, 6) is 1.77. The zero-order valence-electron chi connectivity index (χ0n) is 29.8. The van der Waals surface area contributed by atoms with Gasteiger partial charge in [0.2, 0.25) is 0 Å². The van der Waals surface area contributed by atoms with E-state index in [2.05, 4.69) is 0 Å². The average molecular weight is 651 g/mol. The zero-order chi connectivity index (χ0) is 35.8. The lowest BCUT2D eigenvalue weighted by atomic mass is 10.1. The van der Waals surface area contributed by atoms with E-state index in [9.17, 15) is 20.4 Å². The predicted octanol–water partition coefficient (Wildman–Crippen LogP) is 5.86. The number of phenols is 1. The van der Waals surface area contributed by atoms with E-state index in [0.29, 0.717) is 25.9 Å². The second-order valence-electron chi connectivity index (χ2n) is 8.92. The number of aromatic hydroxyl groups is 1. The van der Waals surface area contributed by atoms with Gasteiger partial charge in [-0.1, -0.05) is 96.1 Å². The monoisotopic (exact) mass is 650 g/mol. The summed E-state index contributed by atoms with van der Waals surface area (Å²) < 4.78 is 19.9. The van der Waals surface area contributed by atoms with Crippen molar-refractivity contribution in [3.63, 3.8) is 0 Å². The van der Waals surface area contributed by atoms with Crippen molar-refractivity contribution in [1.29, 1.82) is 0 Å². The molecule has 0 aliphatic carbocycles. The van der Waals surface area contributed by atoms with Crippen LogP contribution in [0, 0.1) is 0 Å². The number of aliphatic hydroxyl groups excluding tert-OH is 4. The molecule has 3 atom stereocenters. The molecular formula is C37H62O9. The van der Waals surface area contributed by atoms with Gasteiger partial charge in [0.1, 0.15) is 17.2 Å². The number of phenolic OH excluding ortho intramolecular Hbond substituents is 1. The van der Waals surface area contributed by atoms with Crippen molar-refractivity contribution < 1.29 is 44.5 Å². The van der Waals surface area contributed by atoms with Gasteiger partial charge in [-0.25, -0.2) is 0 Å². The van der Waals surface area contributed by atoms with Gasteiger partial charge >= 0.3 is 0 Å².